The maximum atomic E-state index is 14.5. The van der Waals surface area contributed by atoms with Crippen LogP contribution in [0, 0.1) is 11.7 Å². The SMILES string of the molecule is COc1cccc(-c2nc(O[C@@H]3C[C@H]4C(=O)N[C@]5(C(=O)NS(=O)(=O)C6CC6)C[C@H]5C=CCCCCC[C@H](NC(C)=O)C(=O)N4C3)c3oc4ccc(F)cc4c3n2)c1. The predicted octanol–water partition coefficient (Wildman–Crippen LogP) is 4.05. The van der Waals surface area contributed by atoms with Gasteiger partial charge in [0.2, 0.25) is 33.3 Å². The van der Waals surface area contributed by atoms with Crippen molar-refractivity contribution in [2.75, 3.05) is 13.7 Å². The summed E-state index contributed by atoms with van der Waals surface area (Å²) in [6.45, 7) is 1.21. The van der Waals surface area contributed by atoms with Crippen molar-refractivity contribution in [1.82, 2.24) is 30.2 Å². The molecule has 3 N–H and O–H groups in total. The molecule has 0 radical (unpaired) electrons. The van der Waals surface area contributed by atoms with Gasteiger partial charge in [-0.3, -0.25) is 23.9 Å². The first-order valence-corrected chi connectivity index (χ1v) is 20.7. The third kappa shape index (κ3) is 7.76. The lowest BCUT2D eigenvalue weighted by Gasteiger charge is -2.29. The molecule has 0 spiro atoms. The highest BCUT2D eigenvalue weighted by Crippen LogP contribution is 2.46. The van der Waals surface area contributed by atoms with Crippen molar-refractivity contribution in [1.29, 1.82) is 0 Å². The number of carbonyl (C=O) groups excluding carboxylic acids is 4. The summed E-state index contributed by atoms with van der Waals surface area (Å²) in [6.07, 6.45) is 7.11. The van der Waals surface area contributed by atoms with Gasteiger partial charge in [0, 0.05) is 30.2 Å². The number of fused-ring (bicyclic) bond motifs is 5. The maximum absolute atomic E-state index is 14.5. The van der Waals surface area contributed by atoms with E-state index in [1.165, 1.54) is 37.1 Å². The molecule has 3 fully saturated rings. The molecule has 4 heterocycles. The lowest BCUT2D eigenvalue weighted by Crippen LogP contribution is -2.58. The minimum atomic E-state index is -3.93. The van der Waals surface area contributed by atoms with E-state index in [0.29, 0.717) is 54.4 Å². The predicted molar refractivity (Wildman–Crippen MR) is 205 cm³/mol. The van der Waals surface area contributed by atoms with Gasteiger partial charge >= 0.3 is 0 Å². The molecule has 2 aromatic heterocycles. The number of allylic oxidation sites excluding steroid dienone is 1. The minimum Gasteiger partial charge on any atom is -0.497 e. The average Bonchev–Trinajstić information content (AvgIpc) is 4.08. The van der Waals surface area contributed by atoms with E-state index < -0.39 is 74.4 Å². The molecule has 2 aromatic carbocycles. The summed E-state index contributed by atoms with van der Waals surface area (Å²) < 4.78 is 60.5. The second-order valence-corrected chi connectivity index (χ2v) is 17.2. The first kappa shape index (κ1) is 38.3. The Morgan fingerprint density at radius 2 is 1.89 bits per heavy atom. The topological polar surface area (TPSA) is 199 Å². The standard InChI is InChI=1S/C40H43FN6O9S/c1-22(48)42-30-12-7-5-3-4-6-10-24-20-40(24,39(51)46-57(52,53)28-14-15-28)45-36(49)31-19-27(21-47(31)38(30)50)55-37-34-33(29-18-25(41)13-16-32(29)56-34)43-35(44-37)23-9-8-11-26(17-23)54-2/h6,8-11,13,16-18,24,27-28,30-31H,3-5,7,12,14-15,19-21H2,1-2H3,(H,42,48)(H,45,49)(H,46,51)/t24-,27-,30+,31+,40-/m1/s1. The molecule has 57 heavy (non-hydrogen) atoms. The van der Waals surface area contributed by atoms with Gasteiger partial charge in [-0.15, -0.1) is 0 Å². The van der Waals surface area contributed by atoms with Gasteiger partial charge in [-0.1, -0.05) is 37.1 Å². The van der Waals surface area contributed by atoms with E-state index in [4.69, 9.17) is 23.9 Å². The summed E-state index contributed by atoms with van der Waals surface area (Å²) in [6, 6.07) is 8.94. The molecule has 4 aromatic rings. The van der Waals surface area contributed by atoms with E-state index in [1.54, 1.807) is 24.3 Å². The minimum absolute atomic E-state index is 0.0121. The largest absolute Gasteiger partial charge is 0.497 e. The summed E-state index contributed by atoms with van der Waals surface area (Å²) in [5.74, 6) is -2.63. The Morgan fingerprint density at radius 1 is 1.07 bits per heavy atom. The number of amides is 4. The number of rotatable bonds is 8. The molecule has 8 rings (SSSR count). The van der Waals surface area contributed by atoms with E-state index in [9.17, 15) is 32.0 Å². The molecule has 2 aliphatic heterocycles. The van der Waals surface area contributed by atoms with Crippen LogP contribution in [0.1, 0.15) is 64.7 Å². The summed E-state index contributed by atoms with van der Waals surface area (Å²) in [7, 11) is -2.40. The van der Waals surface area contributed by atoms with Crippen LogP contribution in [0.4, 0.5) is 4.39 Å². The van der Waals surface area contributed by atoms with Crippen LogP contribution >= 0.6 is 0 Å². The number of methoxy groups -OCH3 is 1. The zero-order valence-electron chi connectivity index (χ0n) is 31.5. The van der Waals surface area contributed by atoms with Crippen molar-refractivity contribution in [2.45, 2.75) is 93.7 Å². The Morgan fingerprint density at radius 3 is 2.67 bits per heavy atom. The maximum Gasteiger partial charge on any atom is 0.262 e. The molecule has 2 saturated carbocycles. The summed E-state index contributed by atoms with van der Waals surface area (Å²) >= 11 is 0. The van der Waals surface area contributed by atoms with Crippen molar-refractivity contribution in [3.05, 3.63) is 60.4 Å². The molecular formula is C40H43FN6O9S. The number of benzene rings is 2. The van der Waals surface area contributed by atoms with E-state index in [2.05, 4.69) is 15.4 Å². The molecule has 5 atom stereocenters. The molecule has 300 valence electrons. The second kappa shape index (κ2) is 15.1. The van der Waals surface area contributed by atoms with E-state index in [-0.39, 0.29) is 42.2 Å². The highest BCUT2D eigenvalue weighted by molar-refractivity contribution is 7.91. The molecule has 0 unspecified atom stereocenters. The first-order chi connectivity index (χ1) is 27.3. The van der Waals surface area contributed by atoms with E-state index in [1.807, 2.05) is 12.2 Å². The van der Waals surface area contributed by atoms with Crippen molar-refractivity contribution < 1.29 is 45.9 Å². The molecule has 0 bridgehead atoms. The fraction of sp³-hybridized carbons (Fsp3) is 0.450. The fourth-order valence-electron chi connectivity index (χ4n) is 7.81. The van der Waals surface area contributed by atoms with Gasteiger partial charge in [-0.2, -0.15) is 4.98 Å². The summed E-state index contributed by atoms with van der Waals surface area (Å²) in [4.78, 5) is 65.7. The van der Waals surface area contributed by atoms with Gasteiger partial charge in [0.05, 0.1) is 18.9 Å². The number of halogens is 1. The van der Waals surface area contributed by atoms with Gasteiger partial charge in [-0.25, -0.2) is 17.8 Å². The second-order valence-electron chi connectivity index (χ2n) is 15.3. The molecule has 17 heteroatoms. The molecular weight excluding hydrogens is 760 g/mol. The number of nitrogens with zero attached hydrogens (tertiary/aromatic N) is 3. The molecule has 4 aliphatic rings. The van der Waals surface area contributed by atoms with Crippen LogP contribution in [-0.4, -0.2) is 89.5 Å². The number of ether oxygens (including phenoxy) is 2. The third-order valence-electron chi connectivity index (χ3n) is 11.1. The van der Waals surface area contributed by atoms with Gasteiger partial charge in [0.15, 0.2) is 5.82 Å². The zero-order chi connectivity index (χ0) is 40.1. The number of aromatic nitrogens is 2. The van der Waals surface area contributed by atoms with Gasteiger partial charge in [0.1, 0.15) is 46.4 Å². The monoisotopic (exact) mass is 802 g/mol. The highest BCUT2D eigenvalue weighted by Gasteiger charge is 2.62. The van der Waals surface area contributed by atoms with Gasteiger partial charge in [-0.05, 0) is 68.9 Å². The number of hydrogen-bond acceptors (Lipinski definition) is 11. The Bertz CT molecular complexity index is 2420. The van der Waals surface area contributed by atoms with Crippen LogP contribution in [0.2, 0.25) is 0 Å². The van der Waals surface area contributed by atoms with Crippen LogP contribution in [0.15, 0.2) is 59.0 Å². The molecule has 15 nitrogen and oxygen atoms in total. The molecule has 2 aliphatic carbocycles. The van der Waals surface area contributed by atoms with E-state index >= 15 is 0 Å². The Hall–Kier alpha value is -5.58. The Balaban J connectivity index is 1.16. The Kier molecular flexibility index (Phi) is 10.1. The Labute approximate surface area is 327 Å². The van der Waals surface area contributed by atoms with Crippen LogP contribution < -0.4 is 24.8 Å². The van der Waals surface area contributed by atoms with Crippen molar-refractivity contribution in [2.24, 2.45) is 5.92 Å². The third-order valence-corrected chi connectivity index (χ3v) is 12.9. The van der Waals surface area contributed by atoms with E-state index in [0.717, 1.165) is 12.8 Å². The fourth-order valence-corrected chi connectivity index (χ4v) is 9.18. The number of nitrogens with one attached hydrogen (secondary N) is 3. The molecule has 4 amide bonds. The first-order valence-electron chi connectivity index (χ1n) is 19.2. The molecule has 1 saturated heterocycles. The average molecular weight is 803 g/mol. The van der Waals surface area contributed by atoms with Crippen molar-refractivity contribution in [3.63, 3.8) is 0 Å². The van der Waals surface area contributed by atoms with Crippen LogP contribution in [0.3, 0.4) is 0 Å². The number of furan rings is 1. The van der Waals surface area contributed by atoms with Gasteiger partial charge < -0.3 is 29.4 Å². The van der Waals surface area contributed by atoms with Crippen LogP contribution in [0.25, 0.3) is 33.5 Å². The highest BCUT2D eigenvalue weighted by atomic mass is 32.2. The number of hydrogen-bond donors (Lipinski definition) is 3. The quantitative estimate of drug-likeness (QED) is 0.217. The smallest absolute Gasteiger partial charge is 0.262 e. The van der Waals surface area contributed by atoms with Crippen molar-refractivity contribution >= 4 is 55.7 Å². The lowest BCUT2D eigenvalue weighted by atomic mass is 10.0. The van der Waals surface area contributed by atoms with Gasteiger partial charge in [0.25, 0.3) is 11.8 Å². The summed E-state index contributed by atoms with van der Waals surface area (Å²) in [5, 5.41) is 5.33. The number of sulfonamides is 1. The summed E-state index contributed by atoms with van der Waals surface area (Å²) in [5.41, 5.74) is -0.242. The van der Waals surface area contributed by atoms with Crippen LogP contribution in [0.5, 0.6) is 11.6 Å². The van der Waals surface area contributed by atoms with Crippen LogP contribution in [-0.2, 0) is 29.2 Å². The zero-order valence-corrected chi connectivity index (χ0v) is 32.3. The number of carbonyl (C=O) groups is 4. The normalized spacial score (nSPS) is 25.5. The lowest BCUT2D eigenvalue weighted by molar-refractivity contribution is -0.142. The van der Waals surface area contributed by atoms with Crippen molar-refractivity contribution in [3.8, 4) is 23.0 Å².